The lowest BCUT2D eigenvalue weighted by molar-refractivity contribution is 0.104. The molecule has 0 aliphatic rings. The molecule has 0 fully saturated rings. The molecule has 160 valence electrons. The van der Waals surface area contributed by atoms with Crippen molar-refractivity contribution in [1.29, 1.82) is 0 Å². The number of benzene rings is 3. The summed E-state index contributed by atoms with van der Waals surface area (Å²) in [6.07, 6.45) is 2.15. The Balaban J connectivity index is 1.96. The maximum Gasteiger partial charge on any atom is 0.210 e. The zero-order chi connectivity index (χ0) is 22.9. The topological polar surface area (TPSA) is 81.4 Å². The van der Waals surface area contributed by atoms with Crippen molar-refractivity contribution in [2.75, 3.05) is 0 Å². The van der Waals surface area contributed by atoms with Gasteiger partial charge in [-0.2, -0.15) is 0 Å². The number of carbonyl (C=O) groups excluding carboxylic acids is 1. The first-order valence-corrected chi connectivity index (χ1v) is 11.5. The Morgan fingerprint density at radius 3 is 2.22 bits per heavy atom. The van der Waals surface area contributed by atoms with Crippen molar-refractivity contribution in [2.45, 2.75) is 4.90 Å². The first-order chi connectivity index (χ1) is 15.3. The Kier molecular flexibility index (Phi) is 6.02. The summed E-state index contributed by atoms with van der Waals surface area (Å²) >= 11 is 11.9. The molecule has 0 saturated carbocycles. The Bertz CT molecular complexity index is 1520. The van der Waals surface area contributed by atoms with Crippen molar-refractivity contribution in [3.05, 3.63) is 115 Å². The van der Waals surface area contributed by atoms with E-state index in [2.05, 4.69) is 0 Å². The number of Topliss-reactive ketones (excluding diaryl/α,β-unsaturated/α-hetero) is 1. The van der Waals surface area contributed by atoms with Crippen LogP contribution < -0.4 is 5.43 Å². The van der Waals surface area contributed by atoms with Crippen molar-refractivity contribution in [2.24, 2.45) is 0 Å². The Hall–Kier alpha value is -3.19. The fourth-order valence-electron chi connectivity index (χ4n) is 3.10. The minimum Gasteiger partial charge on any atom is -0.463 e. The van der Waals surface area contributed by atoms with Crippen molar-refractivity contribution < 1.29 is 17.6 Å². The molecule has 3 aromatic carbocycles. The Labute approximate surface area is 193 Å². The normalized spacial score (nSPS) is 12.1. The van der Waals surface area contributed by atoms with Crippen LogP contribution in [0, 0.1) is 0 Å². The van der Waals surface area contributed by atoms with Crippen LogP contribution in [-0.4, -0.2) is 14.2 Å². The predicted molar refractivity (Wildman–Crippen MR) is 125 cm³/mol. The highest BCUT2D eigenvalue weighted by molar-refractivity contribution is 7.96. The molecule has 0 aliphatic heterocycles. The van der Waals surface area contributed by atoms with Crippen molar-refractivity contribution in [3.63, 3.8) is 0 Å². The van der Waals surface area contributed by atoms with Crippen LogP contribution in [-0.2, 0) is 9.84 Å². The van der Waals surface area contributed by atoms with E-state index in [1.165, 1.54) is 48.5 Å². The summed E-state index contributed by atoms with van der Waals surface area (Å²) < 4.78 is 32.3. The molecule has 1 heterocycles. The largest absolute Gasteiger partial charge is 0.463 e. The summed E-state index contributed by atoms with van der Waals surface area (Å²) in [5.74, 6) is -0.758. The summed E-state index contributed by atoms with van der Waals surface area (Å²) in [5, 5.41) is 0.831. The van der Waals surface area contributed by atoms with E-state index in [4.69, 9.17) is 27.6 Å². The number of hydrogen-bond donors (Lipinski definition) is 0. The molecule has 0 spiro atoms. The smallest absolute Gasteiger partial charge is 0.210 e. The standard InChI is InChI=1S/C24H14Cl2O5S/c25-17-6-9-19(10-7-17)32(29,30)22(24(28)15-4-2-1-3-5-15)12-16-14-31-21-11-8-18(26)13-20(21)23(16)27/h1-14H/b22-12+. The van der Waals surface area contributed by atoms with Gasteiger partial charge in [0.1, 0.15) is 16.8 Å². The maximum absolute atomic E-state index is 13.4. The minimum atomic E-state index is -4.30. The average molecular weight is 485 g/mol. The van der Waals surface area contributed by atoms with Gasteiger partial charge in [0.2, 0.25) is 15.6 Å². The Morgan fingerprint density at radius 2 is 1.53 bits per heavy atom. The quantitative estimate of drug-likeness (QED) is 0.264. The third-order valence-electron chi connectivity index (χ3n) is 4.72. The highest BCUT2D eigenvalue weighted by atomic mass is 35.5. The van der Waals surface area contributed by atoms with Crippen LogP contribution in [0.4, 0.5) is 0 Å². The van der Waals surface area contributed by atoms with E-state index in [9.17, 15) is 18.0 Å². The molecule has 0 aliphatic carbocycles. The number of sulfone groups is 1. The lowest BCUT2D eigenvalue weighted by atomic mass is 10.1. The molecule has 0 radical (unpaired) electrons. The molecule has 1 aromatic heterocycles. The van der Waals surface area contributed by atoms with Crippen LogP contribution in [0.3, 0.4) is 0 Å². The highest BCUT2D eigenvalue weighted by Crippen LogP contribution is 2.26. The number of rotatable bonds is 5. The monoisotopic (exact) mass is 484 g/mol. The minimum absolute atomic E-state index is 0.100. The van der Waals surface area contributed by atoms with Crippen LogP contribution in [0.25, 0.3) is 17.0 Å². The van der Waals surface area contributed by atoms with Gasteiger partial charge in [-0.1, -0.05) is 53.5 Å². The second-order valence-corrected chi connectivity index (χ2v) is 9.61. The molecule has 5 nitrogen and oxygen atoms in total. The first kappa shape index (κ1) is 22.0. The van der Waals surface area contributed by atoms with Crippen LogP contribution in [0.5, 0.6) is 0 Å². The van der Waals surface area contributed by atoms with Crippen molar-refractivity contribution >= 4 is 55.9 Å². The summed E-state index contributed by atoms with van der Waals surface area (Å²) in [6.45, 7) is 0. The summed E-state index contributed by atoms with van der Waals surface area (Å²) in [5.41, 5.74) is -0.174. The van der Waals surface area contributed by atoms with Gasteiger partial charge in [-0.05, 0) is 48.5 Å². The van der Waals surface area contributed by atoms with Crippen LogP contribution in [0.15, 0.2) is 98.1 Å². The number of fused-ring (bicyclic) bond motifs is 1. The van der Waals surface area contributed by atoms with E-state index >= 15 is 0 Å². The molecule has 0 amide bonds. The van der Waals surface area contributed by atoms with Gasteiger partial charge < -0.3 is 4.42 Å². The van der Waals surface area contributed by atoms with Gasteiger partial charge in [-0.15, -0.1) is 0 Å². The molecule has 32 heavy (non-hydrogen) atoms. The van der Waals surface area contributed by atoms with E-state index < -0.39 is 26.0 Å². The molecule has 0 N–H and O–H groups in total. The second-order valence-electron chi connectivity index (χ2n) is 6.82. The van der Waals surface area contributed by atoms with Gasteiger partial charge in [0.25, 0.3) is 0 Å². The van der Waals surface area contributed by atoms with Crippen molar-refractivity contribution in [3.8, 4) is 0 Å². The molecule has 8 heteroatoms. The van der Waals surface area contributed by atoms with Gasteiger partial charge in [-0.3, -0.25) is 9.59 Å². The summed E-state index contributed by atoms with van der Waals surface area (Å²) in [6, 6.07) is 17.9. The third-order valence-corrected chi connectivity index (χ3v) is 6.98. The third kappa shape index (κ3) is 4.25. The maximum atomic E-state index is 13.4. The van der Waals surface area contributed by atoms with E-state index in [0.29, 0.717) is 10.0 Å². The zero-order valence-corrected chi connectivity index (χ0v) is 18.6. The molecular formula is C24H14Cl2O5S. The first-order valence-electron chi connectivity index (χ1n) is 9.30. The van der Waals surface area contributed by atoms with Gasteiger partial charge in [-0.25, -0.2) is 8.42 Å². The molecule has 4 aromatic rings. The zero-order valence-electron chi connectivity index (χ0n) is 16.3. The number of carbonyl (C=O) groups is 1. The lowest BCUT2D eigenvalue weighted by Crippen LogP contribution is -2.16. The second kappa shape index (κ2) is 8.74. The highest BCUT2D eigenvalue weighted by Gasteiger charge is 2.28. The van der Waals surface area contributed by atoms with Crippen LogP contribution in [0.1, 0.15) is 15.9 Å². The fourth-order valence-corrected chi connectivity index (χ4v) is 4.79. The van der Waals surface area contributed by atoms with E-state index in [0.717, 1.165) is 12.3 Å². The Morgan fingerprint density at radius 1 is 0.875 bits per heavy atom. The molecular weight excluding hydrogens is 471 g/mol. The lowest BCUT2D eigenvalue weighted by Gasteiger charge is -2.10. The average Bonchev–Trinajstić information content (AvgIpc) is 2.79. The number of allylic oxidation sites excluding steroid dienone is 1. The number of ketones is 1. The molecule has 0 unspecified atom stereocenters. The van der Waals surface area contributed by atoms with Crippen molar-refractivity contribution in [1.82, 2.24) is 0 Å². The molecule has 0 bridgehead atoms. The van der Waals surface area contributed by atoms with Crippen LogP contribution >= 0.6 is 23.2 Å². The summed E-state index contributed by atoms with van der Waals surface area (Å²) in [7, 11) is -4.30. The van der Waals surface area contributed by atoms with E-state index in [1.54, 1.807) is 24.3 Å². The number of hydrogen-bond acceptors (Lipinski definition) is 5. The number of halogens is 2. The van der Waals surface area contributed by atoms with Gasteiger partial charge in [0, 0.05) is 15.6 Å². The van der Waals surface area contributed by atoms with E-state index in [-0.39, 0.29) is 27.0 Å². The van der Waals surface area contributed by atoms with Gasteiger partial charge >= 0.3 is 0 Å². The SMILES string of the molecule is O=C(/C(=C\c1coc2ccc(Cl)cc2c1=O)S(=O)(=O)c1ccc(Cl)cc1)c1ccccc1. The van der Waals surface area contributed by atoms with Crippen LogP contribution in [0.2, 0.25) is 10.0 Å². The fraction of sp³-hybridized carbons (Fsp3) is 0. The van der Waals surface area contributed by atoms with E-state index in [1.807, 2.05) is 0 Å². The summed E-state index contributed by atoms with van der Waals surface area (Å²) in [4.78, 5) is 25.5. The van der Waals surface area contributed by atoms with Gasteiger partial charge in [0.15, 0.2) is 5.43 Å². The predicted octanol–water partition coefficient (Wildman–Crippen LogP) is 5.80. The molecule has 0 atom stereocenters. The molecule has 0 saturated heterocycles. The van der Waals surface area contributed by atoms with Gasteiger partial charge in [0.05, 0.1) is 15.8 Å². The molecule has 4 rings (SSSR count).